The van der Waals surface area contributed by atoms with Crippen molar-refractivity contribution in [2.24, 2.45) is 0 Å². The number of hydrogen-bond acceptors (Lipinski definition) is 3. The van der Waals surface area contributed by atoms with Crippen molar-refractivity contribution >= 4 is 23.3 Å². The Morgan fingerprint density at radius 3 is 2.24 bits per heavy atom. The van der Waals surface area contributed by atoms with E-state index in [0.29, 0.717) is 27.9 Å². The topological polar surface area (TPSA) is 75.3 Å². The van der Waals surface area contributed by atoms with Crippen LogP contribution in [0.3, 0.4) is 0 Å². The average molecular weight is 382 g/mol. The third-order valence-electron chi connectivity index (χ3n) is 5.28. The summed E-state index contributed by atoms with van der Waals surface area (Å²) in [6, 6.07) is 19.7. The van der Waals surface area contributed by atoms with Crippen LogP contribution in [0.25, 0.3) is 11.1 Å². The summed E-state index contributed by atoms with van der Waals surface area (Å²) in [5.41, 5.74) is 4.39. The lowest BCUT2D eigenvalue weighted by Gasteiger charge is -2.09. The molecule has 0 atom stereocenters. The Morgan fingerprint density at radius 1 is 0.724 bits per heavy atom. The van der Waals surface area contributed by atoms with Crippen molar-refractivity contribution in [3.05, 3.63) is 89.0 Å². The highest BCUT2D eigenvalue weighted by Gasteiger charge is 2.27. The second kappa shape index (κ2) is 6.71. The number of fused-ring (bicyclic) bond motifs is 3. The third-order valence-corrected chi connectivity index (χ3v) is 5.28. The molecule has 5 rings (SSSR count). The van der Waals surface area contributed by atoms with E-state index in [0.717, 1.165) is 24.0 Å². The molecule has 5 heteroatoms. The highest BCUT2D eigenvalue weighted by atomic mass is 16.2. The smallest absolute Gasteiger partial charge is 0.255 e. The first kappa shape index (κ1) is 17.4. The van der Waals surface area contributed by atoms with Gasteiger partial charge >= 0.3 is 0 Å². The van der Waals surface area contributed by atoms with Gasteiger partial charge in [0.2, 0.25) is 0 Å². The van der Waals surface area contributed by atoms with Crippen molar-refractivity contribution in [1.82, 2.24) is 5.32 Å². The zero-order valence-electron chi connectivity index (χ0n) is 15.6. The van der Waals surface area contributed by atoms with Gasteiger partial charge in [-0.15, -0.1) is 0 Å². The van der Waals surface area contributed by atoms with E-state index >= 15 is 0 Å². The lowest BCUT2D eigenvalue weighted by Crippen LogP contribution is -2.25. The van der Waals surface area contributed by atoms with E-state index in [2.05, 4.69) is 10.6 Å². The fourth-order valence-corrected chi connectivity index (χ4v) is 3.61. The first-order valence-electron chi connectivity index (χ1n) is 9.60. The minimum absolute atomic E-state index is 0.0657. The maximum atomic E-state index is 12.7. The number of ketones is 1. The summed E-state index contributed by atoms with van der Waals surface area (Å²) >= 11 is 0. The normalized spacial score (nSPS) is 14.1. The van der Waals surface area contributed by atoms with Gasteiger partial charge in [0.15, 0.2) is 5.78 Å². The lowest BCUT2D eigenvalue weighted by molar-refractivity contribution is 0.0949. The van der Waals surface area contributed by atoms with Crippen LogP contribution < -0.4 is 10.6 Å². The lowest BCUT2D eigenvalue weighted by atomic mass is 10.0. The monoisotopic (exact) mass is 382 g/mol. The molecule has 1 fully saturated rings. The maximum absolute atomic E-state index is 12.7. The molecular weight excluding hydrogens is 364 g/mol. The average Bonchev–Trinajstić information content (AvgIpc) is 3.52. The van der Waals surface area contributed by atoms with Crippen molar-refractivity contribution in [2.75, 3.05) is 5.32 Å². The number of carbonyl (C=O) groups is 3. The molecule has 0 bridgehead atoms. The molecule has 0 radical (unpaired) electrons. The van der Waals surface area contributed by atoms with Crippen LogP contribution >= 0.6 is 0 Å². The Bertz CT molecular complexity index is 1180. The number of benzene rings is 3. The molecule has 29 heavy (non-hydrogen) atoms. The van der Waals surface area contributed by atoms with Crippen LogP contribution in [-0.2, 0) is 0 Å². The fourth-order valence-electron chi connectivity index (χ4n) is 3.61. The molecule has 142 valence electrons. The highest BCUT2D eigenvalue weighted by molar-refractivity contribution is 6.22. The van der Waals surface area contributed by atoms with E-state index in [-0.39, 0.29) is 23.6 Å². The van der Waals surface area contributed by atoms with Gasteiger partial charge in [0.1, 0.15) is 0 Å². The molecule has 3 aromatic rings. The Kier molecular flexibility index (Phi) is 4.02. The van der Waals surface area contributed by atoms with Crippen molar-refractivity contribution in [1.29, 1.82) is 0 Å². The van der Waals surface area contributed by atoms with E-state index in [9.17, 15) is 14.4 Å². The molecule has 3 aromatic carbocycles. The molecule has 2 N–H and O–H groups in total. The molecule has 0 aromatic heterocycles. The van der Waals surface area contributed by atoms with Crippen molar-refractivity contribution < 1.29 is 14.4 Å². The van der Waals surface area contributed by atoms with E-state index in [1.54, 1.807) is 42.5 Å². The van der Waals surface area contributed by atoms with Crippen LogP contribution in [-0.4, -0.2) is 23.6 Å². The molecule has 0 unspecified atom stereocenters. The predicted molar refractivity (Wildman–Crippen MR) is 110 cm³/mol. The Labute approximate surface area is 167 Å². The van der Waals surface area contributed by atoms with E-state index in [1.165, 1.54) is 0 Å². The number of rotatable bonds is 4. The molecule has 0 aliphatic heterocycles. The van der Waals surface area contributed by atoms with Crippen molar-refractivity contribution in [3.63, 3.8) is 0 Å². The second-order valence-corrected chi connectivity index (χ2v) is 7.42. The standard InChI is InChI=1S/C24H18N2O3/c27-22-20-7-2-1-6-18(20)19-11-8-15(13-21(19)22)24(29)26-17-5-3-4-14(12-17)23(28)25-16-9-10-16/h1-8,11-13,16H,9-10H2,(H,25,28)(H,26,29). The summed E-state index contributed by atoms with van der Waals surface area (Å²) in [6.45, 7) is 0. The van der Waals surface area contributed by atoms with Crippen molar-refractivity contribution in [3.8, 4) is 11.1 Å². The first-order valence-corrected chi connectivity index (χ1v) is 9.60. The van der Waals surface area contributed by atoms with Gasteiger partial charge in [-0.05, 0) is 54.3 Å². The molecule has 2 aliphatic rings. The van der Waals surface area contributed by atoms with Gasteiger partial charge in [-0.1, -0.05) is 36.4 Å². The number of carbonyl (C=O) groups excluding carboxylic acids is 3. The number of hydrogen-bond donors (Lipinski definition) is 2. The summed E-state index contributed by atoms with van der Waals surface area (Å²) in [6.07, 6.45) is 2.03. The maximum Gasteiger partial charge on any atom is 0.255 e. The van der Waals surface area contributed by atoms with Gasteiger partial charge in [0, 0.05) is 34.0 Å². The van der Waals surface area contributed by atoms with E-state index in [1.807, 2.05) is 24.3 Å². The largest absolute Gasteiger partial charge is 0.349 e. The summed E-state index contributed by atoms with van der Waals surface area (Å²) < 4.78 is 0. The minimum atomic E-state index is -0.323. The van der Waals surface area contributed by atoms with Crippen molar-refractivity contribution in [2.45, 2.75) is 18.9 Å². The van der Waals surface area contributed by atoms with Crippen LogP contribution in [0.1, 0.15) is 49.5 Å². The van der Waals surface area contributed by atoms with Crippen LogP contribution in [0.4, 0.5) is 5.69 Å². The Balaban J connectivity index is 1.37. The molecule has 1 saturated carbocycles. The van der Waals surface area contributed by atoms with Crippen LogP contribution in [0.15, 0.2) is 66.7 Å². The summed E-state index contributed by atoms with van der Waals surface area (Å²) in [7, 11) is 0. The molecule has 5 nitrogen and oxygen atoms in total. The van der Waals surface area contributed by atoms with Crippen LogP contribution in [0, 0.1) is 0 Å². The molecule has 2 amide bonds. The minimum Gasteiger partial charge on any atom is -0.349 e. The number of anilines is 1. The quantitative estimate of drug-likeness (QED) is 0.559. The molecule has 0 heterocycles. The van der Waals surface area contributed by atoms with Gasteiger partial charge in [0.05, 0.1) is 0 Å². The second-order valence-electron chi connectivity index (χ2n) is 7.42. The SMILES string of the molecule is O=C(Nc1cccc(C(=O)NC2CC2)c1)c1ccc2c(c1)C(=O)c1ccccc1-2. The van der Waals surface area contributed by atoms with Gasteiger partial charge in [-0.25, -0.2) is 0 Å². The summed E-state index contributed by atoms with van der Waals surface area (Å²) in [5.74, 6) is -0.523. The van der Waals surface area contributed by atoms with Gasteiger partial charge in [-0.2, -0.15) is 0 Å². The van der Waals surface area contributed by atoms with Gasteiger partial charge in [-0.3, -0.25) is 14.4 Å². The summed E-state index contributed by atoms with van der Waals surface area (Å²) in [5, 5.41) is 5.75. The first-order chi connectivity index (χ1) is 14.1. The Morgan fingerprint density at radius 2 is 1.45 bits per heavy atom. The molecule has 0 spiro atoms. The Hall–Kier alpha value is -3.73. The molecular formula is C24H18N2O3. The van der Waals surface area contributed by atoms with E-state index < -0.39 is 0 Å². The highest BCUT2D eigenvalue weighted by Crippen LogP contribution is 2.36. The fraction of sp³-hybridized carbons (Fsp3) is 0.125. The third kappa shape index (κ3) is 3.21. The van der Waals surface area contributed by atoms with Gasteiger partial charge in [0.25, 0.3) is 11.8 Å². The summed E-state index contributed by atoms with van der Waals surface area (Å²) in [4.78, 5) is 37.6. The predicted octanol–water partition coefficient (Wildman–Crippen LogP) is 4.04. The van der Waals surface area contributed by atoms with Gasteiger partial charge < -0.3 is 10.6 Å². The molecule has 2 aliphatic carbocycles. The van der Waals surface area contributed by atoms with Crippen LogP contribution in [0.5, 0.6) is 0 Å². The zero-order chi connectivity index (χ0) is 20.0. The van der Waals surface area contributed by atoms with Crippen LogP contribution in [0.2, 0.25) is 0 Å². The zero-order valence-corrected chi connectivity index (χ0v) is 15.6. The van der Waals surface area contributed by atoms with E-state index in [4.69, 9.17) is 0 Å². The number of nitrogens with one attached hydrogen (secondary N) is 2. The number of amides is 2. The molecule has 0 saturated heterocycles.